The van der Waals surface area contributed by atoms with E-state index < -0.39 is 5.97 Å². The molecule has 74 valence electrons. The van der Waals surface area contributed by atoms with Gasteiger partial charge < -0.3 is 10.1 Å². The van der Waals surface area contributed by atoms with E-state index in [9.17, 15) is 9.59 Å². The lowest BCUT2D eigenvalue weighted by molar-refractivity contribution is 0.0691. The van der Waals surface area contributed by atoms with Gasteiger partial charge in [0.2, 0.25) is 0 Å². The van der Waals surface area contributed by atoms with Gasteiger partial charge in [-0.3, -0.25) is 4.79 Å². The first-order valence-corrected chi connectivity index (χ1v) is 4.64. The third-order valence-corrected chi connectivity index (χ3v) is 2.67. The van der Waals surface area contributed by atoms with Crippen LogP contribution in [-0.2, 0) is 0 Å². The normalized spacial score (nSPS) is 16.3. The second kappa shape index (κ2) is 3.29. The number of nitrogens with one attached hydrogen (secondary N) is 1. The summed E-state index contributed by atoms with van der Waals surface area (Å²) in [6.07, 6.45) is 4.45. The molecule has 2 N–H and O–H groups in total. The Balaban J connectivity index is 2.15. The van der Waals surface area contributed by atoms with Crippen molar-refractivity contribution >= 4 is 11.8 Å². The Morgan fingerprint density at radius 3 is 2.57 bits per heavy atom. The minimum atomic E-state index is -1.03. The largest absolute Gasteiger partial charge is 0.477 e. The maximum absolute atomic E-state index is 11.6. The Labute approximate surface area is 80.9 Å². The number of carboxylic acid groups (broad SMARTS) is 1. The second-order valence-corrected chi connectivity index (χ2v) is 3.60. The van der Waals surface area contributed by atoms with E-state index in [0.717, 1.165) is 19.3 Å². The summed E-state index contributed by atoms with van der Waals surface area (Å²) in [6, 6.07) is 1.41. The SMILES string of the molecule is O=C(O)c1cc(C(=O)C2CCC2)c[nH]1. The average molecular weight is 193 g/mol. The van der Waals surface area contributed by atoms with E-state index in [4.69, 9.17) is 5.11 Å². The number of aromatic nitrogens is 1. The zero-order chi connectivity index (χ0) is 10.1. The first-order valence-electron chi connectivity index (χ1n) is 4.64. The summed E-state index contributed by atoms with van der Waals surface area (Å²) in [5.41, 5.74) is 0.569. The van der Waals surface area contributed by atoms with Gasteiger partial charge in [-0.2, -0.15) is 0 Å². The maximum Gasteiger partial charge on any atom is 0.352 e. The number of Topliss-reactive ketones (excluding diaryl/α,β-unsaturated/α-hetero) is 1. The van der Waals surface area contributed by atoms with Crippen LogP contribution >= 0.6 is 0 Å². The highest BCUT2D eigenvalue weighted by molar-refractivity contribution is 6.00. The van der Waals surface area contributed by atoms with Gasteiger partial charge in [-0.15, -0.1) is 0 Å². The van der Waals surface area contributed by atoms with Gasteiger partial charge >= 0.3 is 5.97 Å². The van der Waals surface area contributed by atoms with E-state index in [1.54, 1.807) is 0 Å². The molecule has 1 aliphatic rings. The van der Waals surface area contributed by atoms with Gasteiger partial charge in [0.25, 0.3) is 0 Å². The summed E-state index contributed by atoms with van der Waals surface area (Å²) in [4.78, 5) is 24.8. The minimum absolute atomic E-state index is 0.0694. The van der Waals surface area contributed by atoms with Crippen LogP contribution in [0.5, 0.6) is 0 Å². The number of carbonyl (C=O) groups excluding carboxylic acids is 1. The fourth-order valence-corrected chi connectivity index (χ4v) is 1.57. The van der Waals surface area contributed by atoms with Crippen LogP contribution in [-0.4, -0.2) is 21.8 Å². The zero-order valence-corrected chi connectivity index (χ0v) is 7.62. The van der Waals surface area contributed by atoms with Gasteiger partial charge in [-0.05, 0) is 18.9 Å². The number of aromatic carboxylic acids is 1. The van der Waals surface area contributed by atoms with Crippen molar-refractivity contribution in [3.05, 3.63) is 23.5 Å². The predicted octanol–water partition coefficient (Wildman–Crippen LogP) is 1.70. The summed E-state index contributed by atoms with van der Waals surface area (Å²) in [7, 11) is 0. The lowest BCUT2D eigenvalue weighted by Gasteiger charge is -2.22. The molecule has 0 radical (unpaired) electrons. The predicted molar refractivity (Wildman–Crippen MR) is 49.4 cm³/mol. The van der Waals surface area contributed by atoms with E-state index in [1.807, 2.05) is 0 Å². The molecule has 4 heteroatoms. The fraction of sp³-hybridized carbons (Fsp3) is 0.400. The van der Waals surface area contributed by atoms with Gasteiger partial charge in [-0.25, -0.2) is 4.79 Å². The summed E-state index contributed by atoms with van der Waals surface area (Å²) in [5.74, 6) is -0.842. The van der Waals surface area contributed by atoms with Crippen LogP contribution in [0.2, 0.25) is 0 Å². The van der Waals surface area contributed by atoms with Crippen LogP contribution in [0.25, 0.3) is 0 Å². The Bertz CT molecular complexity index is 376. The molecule has 1 saturated carbocycles. The zero-order valence-electron chi connectivity index (χ0n) is 7.62. The van der Waals surface area contributed by atoms with Gasteiger partial charge in [-0.1, -0.05) is 6.42 Å². The molecule has 1 aromatic rings. The van der Waals surface area contributed by atoms with Crippen LogP contribution in [0.15, 0.2) is 12.3 Å². The van der Waals surface area contributed by atoms with Crippen molar-refractivity contribution < 1.29 is 14.7 Å². The average Bonchev–Trinajstić information content (AvgIpc) is 2.48. The van der Waals surface area contributed by atoms with E-state index >= 15 is 0 Å². The molecule has 0 atom stereocenters. The van der Waals surface area contributed by atoms with E-state index in [1.165, 1.54) is 12.3 Å². The molecule has 0 aliphatic heterocycles. The Hall–Kier alpha value is -1.58. The van der Waals surface area contributed by atoms with Crippen LogP contribution in [0.1, 0.15) is 40.1 Å². The van der Waals surface area contributed by atoms with Crippen molar-refractivity contribution in [1.82, 2.24) is 4.98 Å². The molecule has 14 heavy (non-hydrogen) atoms. The van der Waals surface area contributed by atoms with Crippen LogP contribution in [0.4, 0.5) is 0 Å². The lowest BCUT2D eigenvalue weighted by atomic mass is 9.80. The third kappa shape index (κ3) is 1.43. The molecule has 4 nitrogen and oxygen atoms in total. The molecule has 0 spiro atoms. The molecule has 0 saturated heterocycles. The third-order valence-electron chi connectivity index (χ3n) is 2.67. The Morgan fingerprint density at radius 2 is 2.14 bits per heavy atom. The van der Waals surface area contributed by atoms with E-state index in [-0.39, 0.29) is 17.4 Å². The summed E-state index contributed by atoms with van der Waals surface area (Å²) in [5, 5.41) is 8.65. The molecule has 1 aromatic heterocycles. The van der Waals surface area contributed by atoms with Crippen molar-refractivity contribution in [3.63, 3.8) is 0 Å². The van der Waals surface area contributed by atoms with Gasteiger partial charge in [0, 0.05) is 17.7 Å². The highest BCUT2D eigenvalue weighted by atomic mass is 16.4. The number of carboxylic acids is 1. The topological polar surface area (TPSA) is 70.2 Å². The van der Waals surface area contributed by atoms with Gasteiger partial charge in [0.05, 0.1) is 0 Å². The number of H-pyrrole nitrogens is 1. The standard InChI is InChI=1S/C10H11NO3/c12-9(6-2-1-3-6)7-4-8(10(13)14)11-5-7/h4-6,11H,1-3H2,(H,13,14). The van der Waals surface area contributed by atoms with Crippen molar-refractivity contribution in [2.75, 3.05) is 0 Å². The smallest absolute Gasteiger partial charge is 0.352 e. The number of aromatic amines is 1. The molecule has 0 bridgehead atoms. The van der Waals surface area contributed by atoms with Crippen molar-refractivity contribution in [2.45, 2.75) is 19.3 Å². The van der Waals surface area contributed by atoms with Gasteiger partial charge in [0.15, 0.2) is 5.78 Å². The van der Waals surface area contributed by atoms with Crippen molar-refractivity contribution in [1.29, 1.82) is 0 Å². The fourth-order valence-electron chi connectivity index (χ4n) is 1.57. The molecule has 1 aliphatic carbocycles. The Morgan fingerprint density at radius 1 is 1.43 bits per heavy atom. The number of rotatable bonds is 3. The van der Waals surface area contributed by atoms with E-state index in [0.29, 0.717) is 5.56 Å². The molecule has 0 amide bonds. The molecule has 0 unspecified atom stereocenters. The first kappa shape index (κ1) is 8.99. The number of hydrogen-bond acceptors (Lipinski definition) is 2. The monoisotopic (exact) mass is 193 g/mol. The van der Waals surface area contributed by atoms with Crippen LogP contribution in [0.3, 0.4) is 0 Å². The minimum Gasteiger partial charge on any atom is -0.477 e. The van der Waals surface area contributed by atoms with Gasteiger partial charge in [0.1, 0.15) is 5.69 Å². The number of ketones is 1. The number of carbonyl (C=O) groups is 2. The maximum atomic E-state index is 11.6. The summed E-state index contributed by atoms with van der Waals surface area (Å²) in [6.45, 7) is 0. The van der Waals surface area contributed by atoms with Crippen LogP contribution < -0.4 is 0 Å². The summed E-state index contributed by atoms with van der Waals surface area (Å²) >= 11 is 0. The summed E-state index contributed by atoms with van der Waals surface area (Å²) < 4.78 is 0. The van der Waals surface area contributed by atoms with Crippen LogP contribution in [0, 0.1) is 5.92 Å². The lowest BCUT2D eigenvalue weighted by Crippen LogP contribution is -2.21. The van der Waals surface area contributed by atoms with Crippen molar-refractivity contribution in [3.8, 4) is 0 Å². The highest BCUT2D eigenvalue weighted by Gasteiger charge is 2.27. The first-order chi connectivity index (χ1) is 6.68. The molecular formula is C10H11NO3. The molecule has 1 heterocycles. The Kier molecular flexibility index (Phi) is 2.11. The van der Waals surface area contributed by atoms with E-state index in [2.05, 4.69) is 4.98 Å². The second-order valence-electron chi connectivity index (χ2n) is 3.60. The highest BCUT2D eigenvalue weighted by Crippen LogP contribution is 2.29. The molecule has 1 fully saturated rings. The number of hydrogen-bond donors (Lipinski definition) is 2. The quantitative estimate of drug-likeness (QED) is 0.717. The van der Waals surface area contributed by atoms with Crippen molar-refractivity contribution in [2.24, 2.45) is 5.92 Å². The molecular weight excluding hydrogens is 182 g/mol. The molecule has 0 aromatic carbocycles. The molecule has 2 rings (SSSR count).